The molecule has 6 heteroatoms. The molecule has 0 saturated heterocycles. The maximum atomic E-state index is 8.89. The van der Waals surface area contributed by atoms with E-state index in [1.54, 1.807) is 13.3 Å². The summed E-state index contributed by atoms with van der Waals surface area (Å²) in [4.78, 5) is 8.00. The zero-order chi connectivity index (χ0) is 14.9. The average Bonchev–Trinajstić information content (AvgIpc) is 2.55. The molecule has 0 aliphatic carbocycles. The third-order valence-corrected chi connectivity index (χ3v) is 2.75. The van der Waals surface area contributed by atoms with Crippen molar-refractivity contribution in [1.82, 2.24) is 9.97 Å². The van der Waals surface area contributed by atoms with Crippen LogP contribution in [0.5, 0.6) is 11.5 Å². The van der Waals surface area contributed by atoms with Crippen LogP contribution in [0.3, 0.4) is 0 Å². The normalized spacial score (nSPS) is 9.71. The summed E-state index contributed by atoms with van der Waals surface area (Å²) in [6, 6.07) is 9.43. The lowest BCUT2D eigenvalue weighted by molar-refractivity contribution is 0.314. The van der Waals surface area contributed by atoms with Crippen molar-refractivity contribution in [3.05, 3.63) is 42.4 Å². The van der Waals surface area contributed by atoms with E-state index in [0.717, 1.165) is 17.9 Å². The second-order valence-corrected chi connectivity index (χ2v) is 4.17. The Morgan fingerprint density at radius 1 is 1.14 bits per heavy atom. The summed E-state index contributed by atoms with van der Waals surface area (Å²) in [5, 5.41) is 12.0. The Labute approximate surface area is 123 Å². The van der Waals surface area contributed by atoms with E-state index < -0.39 is 0 Å². The van der Waals surface area contributed by atoms with Crippen LogP contribution in [0.15, 0.2) is 36.7 Å². The van der Waals surface area contributed by atoms with Crippen LogP contribution < -0.4 is 14.8 Å². The number of benzene rings is 1. The maximum absolute atomic E-state index is 8.89. The number of ether oxygens (including phenoxy) is 2. The van der Waals surface area contributed by atoms with E-state index in [1.807, 2.05) is 30.3 Å². The number of methoxy groups -OCH3 is 1. The molecule has 6 nitrogen and oxygen atoms in total. The Kier molecular flexibility index (Phi) is 5.35. The number of nitrogens with zero attached hydrogens (tertiary/aromatic N) is 3. The lowest BCUT2D eigenvalue weighted by Crippen LogP contribution is -2.09. The maximum Gasteiger partial charge on any atom is 0.182 e. The zero-order valence-corrected chi connectivity index (χ0v) is 11.7. The van der Waals surface area contributed by atoms with Gasteiger partial charge in [-0.15, -0.1) is 0 Å². The fourth-order valence-corrected chi connectivity index (χ4v) is 1.69. The molecule has 0 atom stereocenters. The predicted octanol–water partition coefficient (Wildman–Crippen LogP) is 2.24. The van der Waals surface area contributed by atoms with Crippen molar-refractivity contribution in [2.45, 2.75) is 6.42 Å². The number of anilines is 1. The molecule has 21 heavy (non-hydrogen) atoms. The first-order chi connectivity index (χ1) is 10.3. The molecule has 2 rings (SSSR count). The summed E-state index contributed by atoms with van der Waals surface area (Å²) >= 11 is 0. The predicted molar refractivity (Wildman–Crippen MR) is 78.3 cm³/mol. The second-order valence-electron chi connectivity index (χ2n) is 4.17. The van der Waals surface area contributed by atoms with Gasteiger partial charge in [-0.25, -0.2) is 9.97 Å². The van der Waals surface area contributed by atoms with Crippen LogP contribution in [0.4, 0.5) is 5.82 Å². The van der Waals surface area contributed by atoms with Crippen LogP contribution in [-0.4, -0.2) is 30.2 Å². The van der Waals surface area contributed by atoms with Crippen molar-refractivity contribution < 1.29 is 9.47 Å². The van der Waals surface area contributed by atoms with E-state index in [0.29, 0.717) is 24.7 Å². The largest absolute Gasteiger partial charge is 0.497 e. The molecule has 0 aliphatic rings. The SMILES string of the molecule is COc1ccc(OCCCNc2nccnc2C#N)cc1. The molecule has 0 unspecified atom stereocenters. The van der Waals surface area contributed by atoms with Gasteiger partial charge in [-0.2, -0.15) is 5.26 Å². The average molecular weight is 284 g/mol. The van der Waals surface area contributed by atoms with Crippen LogP contribution in [0.25, 0.3) is 0 Å². The summed E-state index contributed by atoms with van der Waals surface area (Å²) in [5.74, 6) is 2.10. The monoisotopic (exact) mass is 284 g/mol. The topological polar surface area (TPSA) is 80.1 Å². The molecule has 1 aromatic heterocycles. The molecule has 0 aliphatic heterocycles. The molecule has 0 fully saturated rings. The molecular formula is C15H16N4O2. The fraction of sp³-hybridized carbons (Fsp3) is 0.267. The molecule has 1 N–H and O–H groups in total. The van der Waals surface area contributed by atoms with Crippen molar-refractivity contribution in [2.24, 2.45) is 0 Å². The molecule has 0 bridgehead atoms. The Balaban J connectivity index is 1.71. The second kappa shape index (κ2) is 7.70. The first-order valence-electron chi connectivity index (χ1n) is 6.55. The van der Waals surface area contributed by atoms with Gasteiger partial charge in [0.2, 0.25) is 0 Å². The quantitative estimate of drug-likeness (QED) is 0.785. The smallest absolute Gasteiger partial charge is 0.182 e. The third kappa shape index (κ3) is 4.35. The van der Waals surface area contributed by atoms with Crippen molar-refractivity contribution in [3.63, 3.8) is 0 Å². The number of nitrogens with one attached hydrogen (secondary N) is 1. The standard InChI is InChI=1S/C15H16N4O2/c1-20-12-3-5-13(6-4-12)21-10-2-7-18-15-14(11-16)17-8-9-19-15/h3-6,8-9H,2,7,10H2,1H3,(H,18,19). The van der Waals surface area contributed by atoms with E-state index in [1.165, 1.54) is 6.20 Å². The van der Waals surface area contributed by atoms with Crippen LogP contribution in [-0.2, 0) is 0 Å². The molecule has 1 heterocycles. The van der Waals surface area contributed by atoms with Gasteiger partial charge in [-0.05, 0) is 30.7 Å². The molecule has 0 saturated carbocycles. The lowest BCUT2D eigenvalue weighted by atomic mass is 10.3. The molecule has 108 valence electrons. The minimum atomic E-state index is 0.300. The van der Waals surface area contributed by atoms with E-state index in [9.17, 15) is 0 Å². The van der Waals surface area contributed by atoms with Crippen molar-refractivity contribution in [1.29, 1.82) is 5.26 Å². The van der Waals surface area contributed by atoms with E-state index in [-0.39, 0.29) is 0 Å². The van der Waals surface area contributed by atoms with Crippen LogP contribution in [0.2, 0.25) is 0 Å². The summed E-state index contributed by atoms with van der Waals surface area (Å²) in [6.07, 6.45) is 3.83. The number of rotatable bonds is 7. The van der Waals surface area contributed by atoms with Gasteiger partial charge in [0.05, 0.1) is 13.7 Å². The van der Waals surface area contributed by atoms with Gasteiger partial charge in [0.25, 0.3) is 0 Å². The van der Waals surface area contributed by atoms with E-state index in [2.05, 4.69) is 15.3 Å². The minimum absolute atomic E-state index is 0.300. The third-order valence-electron chi connectivity index (χ3n) is 2.75. The van der Waals surface area contributed by atoms with Gasteiger partial charge < -0.3 is 14.8 Å². The van der Waals surface area contributed by atoms with Gasteiger partial charge in [-0.3, -0.25) is 0 Å². The molecule has 0 radical (unpaired) electrons. The highest BCUT2D eigenvalue weighted by Crippen LogP contribution is 2.17. The number of nitriles is 1. The van der Waals surface area contributed by atoms with Crippen molar-refractivity contribution in [2.75, 3.05) is 25.6 Å². The van der Waals surface area contributed by atoms with Crippen LogP contribution in [0.1, 0.15) is 12.1 Å². The van der Waals surface area contributed by atoms with Crippen LogP contribution in [0, 0.1) is 11.3 Å². The molecule has 2 aromatic rings. The van der Waals surface area contributed by atoms with Gasteiger partial charge in [0.15, 0.2) is 11.5 Å². The van der Waals surface area contributed by atoms with E-state index >= 15 is 0 Å². The number of hydrogen-bond donors (Lipinski definition) is 1. The number of hydrogen-bond acceptors (Lipinski definition) is 6. The zero-order valence-electron chi connectivity index (χ0n) is 11.7. The first-order valence-corrected chi connectivity index (χ1v) is 6.55. The highest BCUT2D eigenvalue weighted by atomic mass is 16.5. The Bertz CT molecular complexity index is 608. The Morgan fingerprint density at radius 2 is 1.86 bits per heavy atom. The van der Waals surface area contributed by atoms with E-state index in [4.69, 9.17) is 14.7 Å². The summed E-state index contributed by atoms with van der Waals surface area (Å²) in [6.45, 7) is 1.23. The molecule has 0 spiro atoms. The van der Waals surface area contributed by atoms with Crippen molar-refractivity contribution in [3.8, 4) is 17.6 Å². The Hall–Kier alpha value is -2.81. The van der Waals surface area contributed by atoms with Gasteiger partial charge in [0.1, 0.15) is 17.6 Å². The van der Waals surface area contributed by atoms with Crippen LogP contribution >= 0.6 is 0 Å². The van der Waals surface area contributed by atoms with Gasteiger partial charge in [0, 0.05) is 18.9 Å². The summed E-state index contributed by atoms with van der Waals surface area (Å²) < 4.78 is 10.7. The molecule has 0 amide bonds. The number of aromatic nitrogens is 2. The van der Waals surface area contributed by atoms with Gasteiger partial charge in [-0.1, -0.05) is 0 Å². The highest BCUT2D eigenvalue weighted by molar-refractivity contribution is 5.46. The molecular weight excluding hydrogens is 268 g/mol. The Morgan fingerprint density at radius 3 is 2.57 bits per heavy atom. The highest BCUT2D eigenvalue weighted by Gasteiger charge is 2.02. The van der Waals surface area contributed by atoms with Crippen molar-refractivity contribution >= 4 is 5.82 Å². The molecule has 1 aromatic carbocycles. The van der Waals surface area contributed by atoms with Gasteiger partial charge >= 0.3 is 0 Å². The summed E-state index contributed by atoms with van der Waals surface area (Å²) in [7, 11) is 1.63. The lowest BCUT2D eigenvalue weighted by Gasteiger charge is -2.08. The fourth-order valence-electron chi connectivity index (χ4n) is 1.69. The minimum Gasteiger partial charge on any atom is -0.497 e. The summed E-state index contributed by atoms with van der Waals surface area (Å²) in [5.41, 5.74) is 0.300. The first kappa shape index (κ1) is 14.6.